The Morgan fingerprint density at radius 1 is 1.35 bits per heavy atom. The van der Waals surface area contributed by atoms with Crippen molar-refractivity contribution in [2.75, 3.05) is 11.9 Å². The summed E-state index contributed by atoms with van der Waals surface area (Å²) in [4.78, 5) is 4.39. The van der Waals surface area contributed by atoms with Crippen molar-refractivity contribution >= 4 is 21.7 Å². The lowest BCUT2D eigenvalue weighted by Gasteiger charge is -2.20. The molecule has 1 atom stereocenters. The van der Waals surface area contributed by atoms with E-state index in [0.29, 0.717) is 12.5 Å². The maximum Gasteiger partial charge on any atom is 0.126 e. The molecule has 0 amide bonds. The first-order valence-corrected chi connectivity index (χ1v) is 6.92. The highest BCUT2D eigenvalue weighted by atomic mass is 79.9. The van der Waals surface area contributed by atoms with Crippen molar-refractivity contribution in [2.45, 2.75) is 39.7 Å². The van der Waals surface area contributed by atoms with Crippen molar-refractivity contribution < 1.29 is 5.11 Å². The second-order valence-corrected chi connectivity index (χ2v) is 5.14. The zero-order valence-corrected chi connectivity index (χ0v) is 12.3. The van der Waals surface area contributed by atoms with E-state index in [9.17, 15) is 5.11 Å². The van der Waals surface area contributed by atoms with Crippen LogP contribution in [-0.4, -0.2) is 22.7 Å². The standard InChI is InChI=1S/C13H21BrN2O/c1-4-10(5-2)12(17)8-15-13-7-6-11(14)9(3)16-13/h6-7,10,12,17H,4-5,8H2,1-3H3,(H,15,16). The lowest BCUT2D eigenvalue weighted by molar-refractivity contribution is 0.114. The van der Waals surface area contributed by atoms with Gasteiger partial charge in [-0.1, -0.05) is 26.7 Å². The molecule has 96 valence electrons. The minimum Gasteiger partial charge on any atom is -0.391 e. The second kappa shape index (κ2) is 6.97. The van der Waals surface area contributed by atoms with E-state index >= 15 is 0 Å². The molecule has 0 bridgehead atoms. The van der Waals surface area contributed by atoms with Gasteiger partial charge in [-0.3, -0.25) is 0 Å². The van der Waals surface area contributed by atoms with Crippen LogP contribution in [0.25, 0.3) is 0 Å². The van der Waals surface area contributed by atoms with Gasteiger partial charge in [0.2, 0.25) is 0 Å². The molecule has 0 aliphatic carbocycles. The molecule has 1 rings (SSSR count). The monoisotopic (exact) mass is 300 g/mol. The number of hydrogen-bond donors (Lipinski definition) is 2. The largest absolute Gasteiger partial charge is 0.391 e. The van der Waals surface area contributed by atoms with Gasteiger partial charge in [0.1, 0.15) is 5.82 Å². The van der Waals surface area contributed by atoms with E-state index in [1.807, 2.05) is 19.1 Å². The highest BCUT2D eigenvalue weighted by molar-refractivity contribution is 9.10. The number of aliphatic hydroxyl groups excluding tert-OH is 1. The Hall–Kier alpha value is -0.610. The van der Waals surface area contributed by atoms with Gasteiger partial charge in [0.25, 0.3) is 0 Å². The molecule has 0 fully saturated rings. The third kappa shape index (κ3) is 4.28. The number of aromatic nitrogens is 1. The summed E-state index contributed by atoms with van der Waals surface area (Å²) < 4.78 is 1.00. The topological polar surface area (TPSA) is 45.1 Å². The van der Waals surface area contributed by atoms with Crippen LogP contribution in [0.3, 0.4) is 0 Å². The van der Waals surface area contributed by atoms with E-state index < -0.39 is 0 Å². The smallest absolute Gasteiger partial charge is 0.126 e. The van der Waals surface area contributed by atoms with E-state index in [2.05, 4.69) is 40.1 Å². The Labute approximate surface area is 112 Å². The van der Waals surface area contributed by atoms with E-state index in [1.165, 1.54) is 0 Å². The molecule has 1 aromatic rings. The second-order valence-electron chi connectivity index (χ2n) is 4.29. The predicted molar refractivity (Wildman–Crippen MR) is 75.2 cm³/mol. The van der Waals surface area contributed by atoms with E-state index in [0.717, 1.165) is 28.8 Å². The fraction of sp³-hybridized carbons (Fsp3) is 0.615. The quantitative estimate of drug-likeness (QED) is 0.847. The summed E-state index contributed by atoms with van der Waals surface area (Å²) in [6.45, 7) is 6.73. The molecule has 0 aromatic carbocycles. The molecule has 0 aliphatic rings. The molecule has 17 heavy (non-hydrogen) atoms. The first-order valence-electron chi connectivity index (χ1n) is 6.13. The maximum absolute atomic E-state index is 9.99. The van der Waals surface area contributed by atoms with Gasteiger partial charge in [-0.15, -0.1) is 0 Å². The molecule has 0 saturated heterocycles. The molecule has 1 aromatic heterocycles. The summed E-state index contributed by atoms with van der Waals surface area (Å²) in [7, 11) is 0. The Balaban J connectivity index is 2.52. The molecular weight excluding hydrogens is 280 g/mol. The van der Waals surface area contributed by atoms with Crippen molar-refractivity contribution in [1.82, 2.24) is 4.98 Å². The molecule has 1 unspecified atom stereocenters. The zero-order valence-electron chi connectivity index (χ0n) is 10.7. The number of hydrogen-bond acceptors (Lipinski definition) is 3. The van der Waals surface area contributed by atoms with E-state index in [1.54, 1.807) is 0 Å². The fourth-order valence-electron chi connectivity index (χ4n) is 1.85. The van der Waals surface area contributed by atoms with Crippen molar-refractivity contribution in [3.63, 3.8) is 0 Å². The zero-order chi connectivity index (χ0) is 12.8. The van der Waals surface area contributed by atoms with Crippen molar-refractivity contribution in [1.29, 1.82) is 0 Å². The Kier molecular flexibility index (Phi) is 5.92. The number of rotatable bonds is 6. The molecular formula is C13H21BrN2O. The van der Waals surface area contributed by atoms with Gasteiger partial charge in [0.15, 0.2) is 0 Å². The highest BCUT2D eigenvalue weighted by Crippen LogP contribution is 2.17. The van der Waals surface area contributed by atoms with Gasteiger partial charge in [-0.05, 0) is 40.9 Å². The molecule has 1 heterocycles. The number of pyridine rings is 1. The predicted octanol–water partition coefficient (Wildman–Crippen LogP) is 3.36. The fourth-order valence-corrected chi connectivity index (χ4v) is 2.07. The lowest BCUT2D eigenvalue weighted by Crippen LogP contribution is -2.28. The van der Waals surface area contributed by atoms with Gasteiger partial charge < -0.3 is 10.4 Å². The minimum absolute atomic E-state index is 0.309. The van der Waals surface area contributed by atoms with Gasteiger partial charge >= 0.3 is 0 Å². The SMILES string of the molecule is CCC(CC)C(O)CNc1ccc(Br)c(C)n1. The summed E-state index contributed by atoms with van der Waals surface area (Å²) >= 11 is 3.42. The van der Waals surface area contributed by atoms with Crippen LogP contribution in [0.15, 0.2) is 16.6 Å². The molecule has 0 radical (unpaired) electrons. The van der Waals surface area contributed by atoms with E-state index in [4.69, 9.17) is 0 Å². The first-order chi connectivity index (χ1) is 8.08. The lowest BCUT2D eigenvalue weighted by atomic mass is 9.97. The number of nitrogens with one attached hydrogen (secondary N) is 1. The van der Waals surface area contributed by atoms with Crippen LogP contribution in [0, 0.1) is 12.8 Å². The number of halogens is 1. The maximum atomic E-state index is 9.99. The Morgan fingerprint density at radius 2 is 2.00 bits per heavy atom. The van der Waals surface area contributed by atoms with Crippen LogP contribution in [0.1, 0.15) is 32.4 Å². The Morgan fingerprint density at radius 3 is 2.53 bits per heavy atom. The molecule has 4 heteroatoms. The molecule has 2 N–H and O–H groups in total. The first kappa shape index (κ1) is 14.5. The summed E-state index contributed by atoms with van der Waals surface area (Å²) in [5, 5.41) is 13.2. The van der Waals surface area contributed by atoms with Crippen LogP contribution < -0.4 is 5.32 Å². The number of anilines is 1. The molecule has 0 aliphatic heterocycles. The minimum atomic E-state index is -0.309. The van der Waals surface area contributed by atoms with Crippen molar-refractivity contribution in [3.8, 4) is 0 Å². The number of aryl methyl sites for hydroxylation is 1. The summed E-state index contributed by atoms with van der Waals surface area (Å²) in [6, 6.07) is 3.88. The van der Waals surface area contributed by atoms with Gasteiger partial charge in [0.05, 0.1) is 11.8 Å². The average molecular weight is 301 g/mol. The molecule has 3 nitrogen and oxygen atoms in total. The average Bonchev–Trinajstić information content (AvgIpc) is 2.32. The van der Waals surface area contributed by atoms with Crippen LogP contribution in [0.4, 0.5) is 5.82 Å². The van der Waals surface area contributed by atoms with Crippen LogP contribution in [0.5, 0.6) is 0 Å². The van der Waals surface area contributed by atoms with Gasteiger partial charge in [0, 0.05) is 11.0 Å². The van der Waals surface area contributed by atoms with E-state index in [-0.39, 0.29) is 6.10 Å². The summed E-state index contributed by atoms with van der Waals surface area (Å²) in [5.41, 5.74) is 0.951. The summed E-state index contributed by atoms with van der Waals surface area (Å²) in [5.74, 6) is 1.18. The van der Waals surface area contributed by atoms with Crippen molar-refractivity contribution in [3.05, 3.63) is 22.3 Å². The molecule has 0 saturated carbocycles. The Bertz CT molecular complexity index is 353. The van der Waals surface area contributed by atoms with Crippen molar-refractivity contribution in [2.24, 2.45) is 5.92 Å². The van der Waals surface area contributed by atoms with Gasteiger partial charge in [-0.2, -0.15) is 0 Å². The third-order valence-electron chi connectivity index (χ3n) is 3.11. The van der Waals surface area contributed by atoms with Crippen LogP contribution >= 0.6 is 15.9 Å². The highest BCUT2D eigenvalue weighted by Gasteiger charge is 2.15. The normalized spacial score (nSPS) is 12.8. The van der Waals surface area contributed by atoms with Gasteiger partial charge in [-0.25, -0.2) is 4.98 Å². The molecule has 0 spiro atoms. The number of aliphatic hydroxyl groups is 1. The third-order valence-corrected chi connectivity index (χ3v) is 3.94. The van der Waals surface area contributed by atoms with Crippen LogP contribution in [-0.2, 0) is 0 Å². The van der Waals surface area contributed by atoms with Crippen LogP contribution in [0.2, 0.25) is 0 Å². The number of nitrogens with zero attached hydrogens (tertiary/aromatic N) is 1. The summed E-state index contributed by atoms with van der Waals surface area (Å²) in [6.07, 6.45) is 1.70.